The molecule has 1 aromatic rings. The normalized spacial score (nSPS) is 20.5. The van der Waals surface area contributed by atoms with Crippen molar-refractivity contribution >= 4 is 39.3 Å². The Morgan fingerprint density at radius 2 is 2.00 bits per heavy atom. The summed E-state index contributed by atoms with van der Waals surface area (Å²) in [6, 6.07) is 4.90. The maximum absolute atomic E-state index is 13.1. The van der Waals surface area contributed by atoms with Gasteiger partial charge in [-0.05, 0) is 31.0 Å². The number of hydrogen-bond donors (Lipinski definition) is 1. The largest absolute Gasteiger partial charge is 0.383 e. The highest BCUT2D eigenvalue weighted by atomic mass is 32.2. The zero-order valence-electron chi connectivity index (χ0n) is 17.4. The first-order valence-corrected chi connectivity index (χ1v) is 12.5. The number of carbonyl (C=O) groups is 2. The maximum Gasteiger partial charge on any atom is 0.243 e. The van der Waals surface area contributed by atoms with Crippen molar-refractivity contribution in [3.05, 3.63) is 18.2 Å². The molecule has 1 atom stereocenters. The summed E-state index contributed by atoms with van der Waals surface area (Å²) < 4.78 is 32.7. The molecule has 2 amide bonds. The van der Waals surface area contributed by atoms with Crippen LogP contribution in [-0.2, 0) is 24.3 Å². The summed E-state index contributed by atoms with van der Waals surface area (Å²) in [5.74, 6) is -0.502. The second-order valence-electron chi connectivity index (χ2n) is 7.55. The Labute approximate surface area is 182 Å². The van der Waals surface area contributed by atoms with Crippen molar-refractivity contribution in [3.8, 4) is 0 Å². The minimum atomic E-state index is -3.64. The van der Waals surface area contributed by atoms with E-state index in [2.05, 4.69) is 5.32 Å². The molecule has 0 aromatic heterocycles. The highest BCUT2D eigenvalue weighted by Crippen LogP contribution is 2.39. The Hall–Kier alpha value is -1.62. The highest BCUT2D eigenvalue weighted by Gasteiger charge is 2.31. The van der Waals surface area contributed by atoms with Gasteiger partial charge in [-0.25, -0.2) is 8.42 Å². The van der Waals surface area contributed by atoms with E-state index >= 15 is 0 Å². The molecular weight excluding hydrogens is 426 g/mol. The fourth-order valence-electron chi connectivity index (χ4n) is 3.64. The Morgan fingerprint density at radius 1 is 1.27 bits per heavy atom. The third-order valence-corrected chi connectivity index (χ3v) is 8.26. The van der Waals surface area contributed by atoms with E-state index in [1.54, 1.807) is 25.3 Å². The van der Waals surface area contributed by atoms with Crippen LogP contribution in [-0.4, -0.2) is 69.7 Å². The van der Waals surface area contributed by atoms with Crippen molar-refractivity contribution in [2.24, 2.45) is 0 Å². The maximum atomic E-state index is 13.1. The number of piperidine rings is 1. The van der Waals surface area contributed by atoms with E-state index in [1.165, 1.54) is 21.0 Å². The molecule has 1 saturated heterocycles. The molecule has 0 spiro atoms. The molecule has 8 nitrogen and oxygen atoms in total. The fraction of sp³-hybridized carbons (Fsp3) is 0.600. The Morgan fingerprint density at radius 3 is 2.70 bits per heavy atom. The van der Waals surface area contributed by atoms with Crippen LogP contribution in [0, 0.1) is 0 Å². The zero-order chi connectivity index (χ0) is 21.7. The van der Waals surface area contributed by atoms with Crippen molar-refractivity contribution in [1.29, 1.82) is 0 Å². The van der Waals surface area contributed by atoms with Crippen LogP contribution >= 0.6 is 11.8 Å². The average Bonchev–Trinajstić information content (AvgIpc) is 2.84. The van der Waals surface area contributed by atoms with Gasteiger partial charge in [-0.15, -0.1) is 11.8 Å². The van der Waals surface area contributed by atoms with E-state index in [1.807, 2.05) is 6.92 Å². The predicted octanol–water partition coefficient (Wildman–Crippen LogP) is 1.84. The minimum absolute atomic E-state index is 0.0300. The first-order valence-electron chi connectivity index (χ1n) is 10.2. The number of anilines is 1. The van der Waals surface area contributed by atoms with Crippen molar-refractivity contribution < 1.29 is 22.7 Å². The summed E-state index contributed by atoms with van der Waals surface area (Å²) in [4.78, 5) is 27.6. The summed E-state index contributed by atoms with van der Waals surface area (Å²) in [6.07, 6.45) is 3.01. The predicted molar refractivity (Wildman–Crippen MR) is 116 cm³/mol. The van der Waals surface area contributed by atoms with Crippen LogP contribution < -0.4 is 10.2 Å². The van der Waals surface area contributed by atoms with E-state index in [0.29, 0.717) is 31.9 Å². The quantitative estimate of drug-likeness (QED) is 0.631. The molecule has 0 saturated carbocycles. The Balaban J connectivity index is 1.91. The number of thioether (sulfide) groups is 1. The molecule has 0 bridgehead atoms. The SMILES string of the molecule is COCCNC(=O)CN1C(=O)C[C@H](C)Sc2ccc(S(=O)(=O)N3CCCCC3)cc21. The van der Waals surface area contributed by atoms with Gasteiger partial charge in [-0.1, -0.05) is 13.3 Å². The number of rotatable bonds is 7. The molecule has 166 valence electrons. The summed E-state index contributed by atoms with van der Waals surface area (Å²) in [6.45, 7) is 3.54. The number of carbonyl (C=O) groups excluding carboxylic acids is 2. The number of nitrogens with zero attached hydrogens (tertiary/aromatic N) is 2. The number of methoxy groups -OCH3 is 1. The van der Waals surface area contributed by atoms with Crippen LogP contribution in [0.1, 0.15) is 32.6 Å². The third kappa shape index (κ3) is 5.35. The van der Waals surface area contributed by atoms with Crippen LogP contribution in [0.15, 0.2) is 28.0 Å². The van der Waals surface area contributed by atoms with Crippen LogP contribution in [0.4, 0.5) is 5.69 Å². The summed E-state index contributed by atoms with van der Waals surface area (Å²) in [5.41, 5.74) is 0.481. The van der Waals surface area contributed by atoms with E-state index in [-0.39, 0.29) is 34.9 Å². The molecule has 0 radical (unpaired) electrons. The molecule has 2 heterocycles. The van der Waals surface area contributed by atoms with Crippen LogP contribution in [0.3, 0.4) is 0 Å². The lowest BCUT2D eigenvalue weighted by Gasteiger charge is -2.27. The van der Waals surface area contributed by atoms with Crippen molar-refractivity contribution in [1.82, 2.24) is 9.62 Å². The highest BCUT2D eigenvalue weighted by molar-refractivity contribution is 8.00. The van der Waals surface area contributed by atoms with Crippen molar-refractivity contribution in [2.45, 2.75) is 47.6 Å². The number of hydrogen-bond acceptors (Lipinski definition) is 6. The monoisotopic (exact) mass is 455 g/mol. The lowest BCUT2D eigenvalue weighted by molar-refractivity contribution is -0.123. The van der Waals surface area contributed by atoms with Gasteiger partial charge in [-0.3, -0.25) is 9.59 Å². The van der Waals surface area contributed by atoms with Gasteiger partial charge >= 0.3 is 0 Å². The molecule has 10 heteroatoms. The zero-order valence-corrected chi connectivity index (χ0v) is 19.1. The van der Waals surface area contributed by atoms with E-state index < -0.39 is 10.0 Å². The summed E-state index contributed by atoms with van der Waals surface area (Å²) >= 11 is 1.52. The lowest BCUT2D eigenvalue weighted by Crippen LogP contribution is -2.42. The van der Waals surface area contributed by atoms with Gasteiger partial charge in [0.05, 0.1) is 17.2 Å². The van der Waals surface area contributed by atoms with E-state index in [9.17, 15) is 18.0 Å². The van der Waals surface area contributed by atoms with Gasteiger partial charge in [0.15, 0.2) is 0 Å². The number of fused-ring (bicyclic) bond motifs is 1. The Kier molecular flexibility index (Phi) is 7.78. The molecule has 0 unspecified atom stereocenters. The number of amides is 2. The average molecular weight is 456 g/mol. The van der Waals surface area contributed by atoms with Gasteiger partial charge in [-0.2, -0.15) is 4.31 Å². The first kappa shape index (κ1) is 23.1. The summed E-state index contributed by atoms with van der Waals surface area (Å²) in [7, 11) is -2.09. The van der Waals surface area contributed by atoms with Crippen LogP contribution in [0.25, 0.3) is 0 Å². The Bertz CT molecular complexity index is 884. The van der Waals surface area contributed by atoms with Gasteiger partial charge in [0.2, 0.25) is 21.8 Å². The second kappa shape index (κ2) is 10.1. The number of sulfonamides is 1. The van der Waals surface area contributed by atoms with Gasteiger partial charge in [0.25, 0.3) is 0 Å². The number of nitrogens with one attached hydrogen (secondary N) is 1. The van der Waals surface area contributed by atoms with Gasteiger partial charge in [0.1, 0.15) is 6.54 Å². The van der Waals surface area contributed by atoms with Crippen molar-refractivity contribution in [2.75, 3.05) is 44.8 Å². The number of ether oxygens (including phenoxy) is 1. The smallest absolute Gasteiger partial charge is 0.243 e. The molecule has 1 N–H and O–H groups in total. The van der Waals surface area contributed by atoms with Crippen LogP contribution in [0.5, 0.6) is 0 Å². The molecular formula is C20H29N3O5S2. The lowest BCUT2D eigenvalue weighted by atomic mass is 10.2. The standard InChI is InChI=1S/C20H29N3O5S2/c1-15-12-20(25)23(14-19(24)21-8-11-28-2)17-13-16(6-7-18(17)29-15)30(26,27)22-9-4-3-5-10-22/h6-7,13,15H,3-5,8-12,14H2,1-2H3,(H,21,24)/t15-/m0/s1. The third-order valence-electron chi connectivity index (χ3n) is 5.20. The molecule has 0 aliphatic carbocycles. The molecule has 1 fully saturated rings. The second-order valence-corrected chi connectivity index (χ2v) is 11.0. The summed E-state index contributed by atoms with van der Waals surface area (Å²) in [5, 5.41) is 2.75. The number of benzene rings is 1. The minimum Gasteiger partial charge on any atom is -0.383 e. The van der Waals surface area contributed by atoms with Gasteiger partial charge < -0.3 is 15.0 Å². The topological polar surface area (TPSA) is 96.0 Å². The van der Waals surface area contributed by atoms with E-state index in [4.69, 9.17) is 4.74 Å². The molecule has 2 aliphatic heterocycles. The van der Waals surface area contributed by atoms with Gasteiger partial charge in [0, 0.05) is 43.3 Å². The molecule has 30 heavy (non-hydrogen) atoms. The van der Waals surface area contributed by atoms with Crippen LogP contribution in [0.2, 0.25) is 0 Å². The first-order chi connectivity index (χ1) is 14.3. The van der Waals surface area contributed by atoms with Crippen molar-refractivity contribution in [3.63, 3.8) is 0 Å². The molecule has 2 aliphatic rings. The molecule has 3 rings (SSSR count). The fourth-order valence-corrected chi connectivity index (χ4v) is 6.27. The van der Waals surface area contributed by atoms with E-state index in [0.717, 1.165) is 24.2 Å². The molecule has 1 aromatic carbocycles.